The molecule has 6 nitrogen and oxygen atoms in total. The number of hydrogen-bond acceptors (Lipinski definition) is 5. The first kappa shape index (κ1) is 23.2. The molecule has 4 aromatic rings. The molecule has 0 spiro atoms. The predicted octanol–water partition coefficient (Wildman–Crippen LogP) is 5.93. The van der Waals surface area contributed by atoms with E-state index in [1.54, 1.807) is 11.6 Å². The van der Waals surface area contributed by atoms with Gasteiger partial charge in [-0.3, -0.25) is 4.79 Å². The fourth-order valence-corrected chi connectivity index (χ4v) is 5.25. The van der Waals surface area contributed by atoms with Crippen LogP contribution in [0.2, 0.25) is 0 Å². The summed E-state index contributed by atoms with van der Waals surface area (Å²) in [4.78, 5) is 20.2. The van der Waals surface area contributed by atoms with Crippen molar-refractivity contribution >= 4 is 27.7 Å². The zero-order chi connectivity index (χ0) is 24.9. The van der Waals surface area contributed by atoms with Crippen molar-refractivity contribution in [2.75, 3.05) is 18.0 Å². The quantitative estimate of drug-likeness (QED) is 0.371. The van der Waals surface area contributed by atoms with Crippen molar-refractivity contribution in [3.05, 3.63) is 69.3 Å². The molecule has 6 heteroatoms. The molecule has 1 fully saturated rings. The van der Waals surface area contributed by atoms with Gasteiger partial charge in [0.1, 0.15) is 17.1 Å². The second kappa shape index (κ2) is 8.57. The second-order valence-corrected chi connectivity index (χ2v) is 10.3. The fraction of sp³-hybridized carbons (Fsp3) is 0.414. The number of nitriles is 1. The van der Waals surface area contributed by atoms with E-state index in [0.29, 0.717) is 5.92 Å². The Hall–Kier alpha value is -3.59. The van der Waals surface area contributed by atoms with Crippen molar-refractivity contribution in [1.29, 1.82) is 5.26 Å². The highest BCUT2D eigenvalue weighted by molar-refractivity contribution is 5.95. The van der Waals surface area contributed by atoms with Gasteiger partial charge < -0.3 is 13.9 Å². The first-order chi connectivity index (χ1) is 16.8. The van der Waals surface area contributed by atoms with Crippen LogP contribution in [-0.4, -0.2) is 22.6 Å². The summed E-state index contributed by atoms with van der Waals surface area (Å²) in [7, 11) is 1.75. The molecule has 5 rings (SSSR count). The normalized spacial score (nSPS) is 16.5. The molecule has 35 heavy (non-hydrogen) atoms. The average molecular weight is 469 g/mol. The Balaban J connectivity index is 1.55. The lowest BCUT2D eigenvalue weighted by Gasteiger charge is -2.39. The number of aromatic nitrogens is 2. The van der Waals surface area contributed by atoms with Gasteiger partial charge in [-0.05, 0) is 67.5 Å². The van der Waals surface area contributed by atoms with Crippen molar-refractivity contribution in [2.24, 2.45) is 7.05 Å². The summed E-state index contributed by atoms with van der Waals surface area (Å²) >= 11 is 0. The molecule has 0 radical (unpaired) electrons. The summed E-state index contributed by atoms with van der Waals surface area (Å²) < 4.78 is 7.78. The number of rotatable bonds is 4. The number of nitrogens with zero attached hydrogens (tertiary/aromatic N) is 4. The van der Waals surface area contributed by atoms with Crippen LogP contribution in [0.15, 0.2) is 45.6 Å². The molecule has 1 aliphatic heterocycles. The maximum atomic E-state index is 13.1. The molecule has 0 amide bonds. The van der Waals surface area contributed by atoms with Crippen LogP contribution in [0.5, 0.6) is 0 Å². The SMILES string of the molecule is CCC(C)c1ccc2c(c1)c(N1CCC(C)(c3nc4cc(C)ccc4o3)CC1)c(C#N)c(=O)n2C. The lowest BCUT2D eigenvalue weighted by Crippen LogP contribution is -2.42. The average Bonchev–Trinajstić information content (AvgIpc) is 3.30. The molecule has 1 aliphatic rings. The monoisotopic (exact) mass is 468 g/mol. The number of fused-ring (bicyclic) bond motifs is 2. The fourth-order valence-electron chi connectivity index (χ4n) is 5.25. The minimum atomic E-state index is -0.242. The zero-order valence-corrected chi connectivity index (χ0v) is 21.2. The van der Waals surface area contributed by atoms with E-state index < -0.39 is 0 Å². The minimum absolute atomic E-state index is 0.201. The highest BCUT2D eigenvalue weighted by Gasteiger charge is 2.37. The molecular weight excluding hydrogens is 436 g/mol. The molecule has 0 bridgehead atoms. The second-order valence-electron chi connectivity index (χ2n) is 10.3. The smallest absolute Gasteiger partial charge is 0.270 e. The summed E-state index contributed by atoms with van der Waals surface area (Å²) in [6.45, 7) is 10.1. The Morgan fingerprint density at radius 3 is 2.63 bits per heavy atom. The van der Waals surface area contributed by atoms with E-state index >= 15 is 0 Å². The highest BCUT2D eigenvalue weighted by atomic mass is 16.3. The molecule has 2 aromatic heterocycles. The van der Waals surface area contributed by atoms with Crippen LogP contribution >= 0.6 is 0 Å². The number of hydrogen-bond donors (Lipinski definition) is 0. The van der Waals surface area contributed by atoms with Crippen LogP contribution < -0.4 is 10.5 Å². The lowest BCUT2D eigenvalue weighted by atomic mass is 9.80. The maximum Gasteiger partial charge on any atom is 0.270 e. The van der Waals surface area contributed by atoms with E-state index in [1.807, 2.05) is 18.2 Å². The third-order valence-electron chi connectivity index (χ3n) is 7.93. The summed E-state index contributed by atoms with van der Waals surface area (Å²) in [6.07, 6.45) is 2.68. The van der Waals surface area contributed by atoms with Crippen molar-refractivity contribution in [3.63, 3.8) is 0 Å². The lowest BCUT2D eigenvalue weighted by molar-refractivity contribution is 0.292. The Labute approximate surface area is 205 Å². The Morgan fingerprint density at radius 2 is 1.94 bits per heavy atom. The van der Waals surface area contributed by atoms with E-state index in [-0.39, 0.29) is 16.5 Å². The van der Waals surface area contributed by atoms with E-state index in [0.717, 1.165) is 71.5 Å². The molecule has 0 N–H and O–H groups in total. The molecule has 0 aliphatic carbocycles. The van der Waals surface area contributed by atoms with Gasteiger partial charge in [0, 0.05) is 30.9 Å². The first-order valence-electron chi connectivity index (χ1n) is 12.4. The van der Waals surface area contributed by atoms with Crippen LogP contribution in [0.4, 0.5) is 5.69 Å². The van der Waals surface area contributed by atoms with Crippen molar-refractivity contribution in [1.82, 2.24) is 9.55 Å². The zero-order valence-electron chi connectivity index (χ0n) is 21.2. The number of oxazole rings is 1. The van der Waals surface area contributed by atoms with Gasteiger partial charge in [0.25, 0.3) is 5.56 Å². The highest BCUT2D eigenvalue weighted by Crippen LogP contribution is 2.40. The van der Waals surface area contributed by atoms with Gasteiger partial charge in [0.05, 0.1) is 11.2 Å². The molecule has 1 atom stereocenters. The molecule has 2 aromatic carbocycles. The summed E-state index contributed by atoms with van der Waals surface area (Å²) in [5.74, 6) is 1.17. The summed E-state index contributed by atoms with van der Waals surface area (Å²) in [5.41, 5.74) is 5.51. The molecule has 3 heterocycles. The topological polar surface area (TPSA) is 75.1 Å². The van der Waals surface area contributed by atoms with Crippen LogP contribution in [0.3, 0.4) is 0 Å². The molecule has 0 saturated carbocycles. The summed E-state index contributed by atoms with van der Waals surface area (Å²) in [5, 5.41) is 11.0. The van der Waals surface area contributed by atoms with Gasteiger partial charge >= 0.3 is 0 Å². The van der Waals surface area contributed by atoms with Crippen molar-refractivity contribution in [2.45, 2.75) is 58.3 Å². The Bertz CT molecular complexity index is 1530. The predicted molar refractivity (Wildman–Crippen MR) is 140 cm³/mol. The number of pyridine rings is 1. The van der Waals surface area contributed by atoms with Crippen molar-refractivity contribution in [3.8, 4) is 6.07 Å². The molecule has 180 valence electrons. The van der Waals surface area contributed by atoms with Gasteiger partial charge in [0.15, 0.2) is 5.58 Å². The van der Waals surface area contributed by atoms with Gasteiger partial charge in [0.2, 0.25) is 5.89 Å². The number of piperidine rings is 1. The van der Waals surface area contributed by atoms with Gasteiger partial charge in [-0.25, -0.2) is 4.98 Å². The van der Waals surface area contributed by atoms with E-state index in [1.165, 1.54) is 5.56 Å². The van der Waals surface area contributed by atoms with Gasteiger partial charge in [-0.15, -0.1) is 0 Å². The summed E-state index contributed by atoms with van der Waals surface area (Å²) in [6, 6.07) is 14.6. The molecule has 1 saturated heterocycles. The first-order valence-corrected chi connectivity index (χ1v) is 12.4. The molecule has 1 unspecified atom stereocenters. The van der Waals surface area contributed by atoms with E-state index in [4.69, 9.17) is 9.40 Å². The largest absolute Gasteiger partial charge is 0.440 e. The van der Waals surface area contributed by atoms with Gasteiger partial charge in [-0.1, -0.05) is 32.9 Å². The van der Waals surface area contributed by atoms with Crippen LogP contribution in [0.25, 0.3) is 22.0 Å². The van der Waals surface area contributed by atoms with Gasteiger partial charge in [-0.2, -0.15) is 5.26 Å². The Morgan fingerprint density at radius 1 is 1.20 bits per heavy atom. The third kappa shape index (κ3) is 3.80. The number of anilines is 1. The van der Waals surface area contributed by atoms with Crippen LogP contribution in [0.1, 0.15) is 68.5 Å². The number of aryl methyl sites for hydroxylation is 2. The van der Waals surface area contributed by atoms with Crippen molar-refractivity contribution < 1.29 is 4.42 Å². The van der Waals surface area contributed by atoms with E-state index in [9.17, 15) is 10.1 Å². The van der Waals surface area contributed by atoms with Crippen LogP contribution in [0, 0.1) is 18.3 Å². The minimum Gasteiger partial charge on any atom is -0.440 e. The van der Waals surface area contributed by atoms with E-state index in [2.05, 4.69) is 56.9 Å². The standard InChI is InChI=1S/C29H32N4O2/c1-6-19(3)20-8-9-24-21(16-20)26(22(17-30)27(34)32(24)5)33-13-11-29(4,12-14-33)28-31-23-15-18(2)7-10-25(23)35-28/h7-10,15-16,19H,6,11-14H2,1-5H3. The maximum absolute atomic E-state index is 13.1. The van der Waals surface area contributed by atoms with Crippen LogP contribution in [-0.2, 0) is 12.5 Å². The number of benzene rings is 2. The third-order valence-corrected chi connectivity index (χ3v) is 7.93. The Kier molecular flexibility index (Phi) is 5.67. The molecular formula is C29H32N4O2.